The van der Waals surface area contributed by atoms with Crippen molar-refractivity contribution in [2.24, 2.45) is 0 Å². The van der Waals surface area contributed by atoms with Crippen LogP contribution in [0, 0.1) is 10.1 Å². The van der Waals surface area contributed by atoms with Crippen molar-refractivity contribution in [2.75, 3.05) is 0 Å². The van der Waals surface area contributed by atoms with Gasteiger partial charge in [0.05, 0.1) is 16.1 Å². The summed E-state index contributed by atoms with van der Waals surface area (Å²) < 4.78 is 25.1. The van der Waals surface area contributed by atoms with Gasteiger partial charge in [-0.05, 0) is 15.9 Å². The van der Waals surface area contributed by atoms with Crippen molar-refractivity contribution in [3.63, 3.8) is 0 Å². The molecule has 8 heteroatoms. The average molecular weight is 346 g/mol. The largest absolute Gasteiger partial charge is 0.292 e. The Morgan fingerprint density at radius 2 is 2.20 bits per heavy atom. The van der Waals surface area contributed by atoms with E-state index in [4.69, 9.17) is 0 Å². The number of halogens is 4. The van der Waals surface area contributed by atoms with E-state index in [0.29, 0.717) is 0 Å². The van der Waals surface area contributed by atoms with E-state index in [-0.39, 0.29) is 15.5 Å². The fraction of sp³-hybridized carbons (Fsp3) is 0.286. The molecule has 1 rings (SSSR count). The number of pyridine rings is 1. The Bertz CT molecular complexity index is 401. The van der Waals surface area contributed by atoms with Crippen molar-refractivity contribution >= 4 is 37.5 Å². The third kappa shape index (κ3) is 2.49. The van der Waals surface area contributed by atoms with Crippen LogP contribution in [0.4, 0.5) is 14.5 Å². The standard InChI is InChI=1S/C7H4Br2F2N2O2/c8-1-3-4(13(14)15)2-12-6(9)5(3)7(10)11/h2,7H,1H2. The number of nitro groups is 1. The molecule has 0 spiro atoms. The summed E-state index contributed by atoms with van der Waals surface area (Å²) >= 11 is 5.78. The Balaban J connectivity index is 3.47. The van der Waals surface area contributed by atoms with Gasteiger partial charge in [-0.1, -0.05) is 15.9 Å². The summed E-state index contributed by atoms with van der Waals surface area (Å²) in [4.78, 5) is 13.3. The van der Waals surface area contributed by atoms with Crippen molar-refractivity contribution in [1.29, 1.82) is 0 Å². The molecular weight excluding hydrogens is 342 g/mol. The fourth-order valence-corrected chi connectivity index (χ4v) is 2.15. The Morgan fingerprint density at radius 1 is 1.60 bits per heavy atom. The van der Waals surface area contributed by atoms with Crippen molar-refractivity contribution in [2.45, 2.75) is 11.8 Å². The van der Waals surface area contributed by atoms with Gasteiger partial charge in [0.2, 0.25) is 0 Å². The van der Waals surface area contributed by atoms with Gasteiger partial charge < -0.3 is 0 Å². The number of hydrogen-bond donors (Lipinski definition) is 0. The Labute approximate surface area is 100 Å². The highest BCUT2D eigenvalue weighted by Gasteiger charge is 2.25. The van der Waals surface area contributed by atoms with Gasteiger partial charge in [-0.25, -0.2) is 13.8 Å². The minimum absolute atomic E-state index is 0.0237. The van der Waals surface area contributed by atoms with Crippen molar-refractivity contribution in [3.8, 4) is 0 Å². The van der Waals surface area contributed by atoms with Crippen LogP contribution >= 0.6 is 31.9 Å². The number of hydrogen-bond acceptors (Lipinski definition) is 3. The zero-order valence-electron chi connectivity index (χ0n) is 7.08. The monoisotopic (exact) mass is 344 g/mol. The molecule has 4 nitrogen and oxygen atoms in total. The summed E-state index contributed by atoms with van der Waals surface area (Å²) in [6.07, 6.45) is -1.86. The molecule has 15 heavy (non-hydrogen) atoms. The maximum Gasteiger partial charge on any atom is 0.292 e. The topological polar surface area (TPSA) is 56.0 Å². The highest BCUT2D eigenvalue weighted by molar-refractivity contribution is 9.10. The highest BCUT2D eigenvalue weighted by atomic mass is 79.9. The lowest BCUT2D eigenvalue weighted by Gasteiger charge is -2.07. The minimum Gasteiger partial charge on any atom is -0.258 e. The second-order valence-electron chi connectivity index (χ2n) is 2.52. The lowest BCUT2D eigenvalue weighted by molar-refractivity contribution is -0.385. The summed E-state index contributed by atoms with van der Waals surface area (Å²) in [6.45, 7) is 0. The quantitative estimate of drug-likeness (QED) is 0.364. The number of rotatable bonds is 3. The maximum atomic E-state index is 12.6. The van der Waals surface area contributed by atoms with Gasteiger partial charge in [-0.3, -0.25) is 10.1 Å². The van der Waals surface area contributed by atoms with Crippen molar-refractivity contribution in [1.82, 2.24) is 4.98 Å². The van der Waals surface area contributed by atoms with E-state index in [1.54, 1.807) is 0 Å². The van der Waals surface area contributed by atoms with E-state index in [1.807, 2.05) is 0 Å². The molecule has 0 aliphatic rings. The van der Waals surface area contributed by atoms with E-state index in [9.17, 15) is 18.9 Å². The zero-order chi connectivity index (χ0) is 11.6. The lowest BCUT2D eigenvalue weighted by Crippen LogP contribution is -2.02. The van der Waals surface area contributed by atoms with Crippen LogP contribution in [0.2, 0.25) is 0 Å². The molecule has 0 aliphatic heterocycles. The normalized spacial score (nSPS) is 10.7. The van der Waals surface area contributed by atoms with E-state index in [0.717, 1.165) is 6.20 Å². The molecule has 0 unspecified atom stereocenters. The van der Waals surface area contributed by atoms with Crippen LogP contribution in [0.15, 0.2) is 10.8 Å². The molecule has 0 bridgehead atoms. The molecule has 0 saturated carbocycles. The predicted octanol–water partition coefficient (Wildman–Crippen LogP) is 3.58. The highest BCUT2D eigenvalue weighted by Crippen LogP contribution is 2.35. The Hall–Kier alpha value is -0.630. The lowest BCUT2D eigenvalue weighted by atomic mass is 10.1. The molecule has 0 amide bonds. The molecule has 0 radical (unpaired) electrons. The zero-order valence-corrected chi connectivity index (χ0v) is 10.3. The number of nitrogens with zero attached hydrogens (tertiary/aromatic N) is 2. The van der Waals surface area contributed by atoms with Gasteiger partial charge in [0.15, 0.2) is 0 Å². The van der Waals surface area contributed by atoms with Crippen LogP contribution < -0.4 is 0 Å². The maximum absolute atomic E-state index is 12.6. The average Bonchev–Trinajstić information content (AvgIpc) is 2.15. The number of aromatic nitrogens is 1. The molecule has 1 aromatic heterocycles. The van der Waals surface area contributed by atoms with Gasteiger partial charge in [0.25, 0.3) is 12.1 Å². The van der Waals surface area contributed by atoms with Crippen molar-refractivity contribution in [3.05, 3.63) is 32.0 Å². The molecular formula is C7H4Br2F2N2O2. The van der Waals surface area contributed by atoms with Gasteiger partial charge in [0.1, 0.15) is 10.8 Å². The fourth-order valence-electron chi connectivity index (χ4n) is 1.05. The molecule has 1 heterocycles. The predicted molar refractivity (Wildman–Crippen MR) is 56.2 cm³/mol. The molecule has 0 N–H and O–H groups in total. The van der Waals surface area contributed by atoms with Crippen LogP contribution in [-0.4, -0.2) is 9.91 Å². The van der Waals surface area contributed by atoms with Crippen LogP contribution in [0.3, 0.4) is 0 Å². The second kappa shape index (κ2) is 4.93. The first-order valence-electron chi connectivity index (χ1n) is 3.64. The van der Waals surface area contributed by atoms with Crippen LogP contribution in [-0.2, 0) is 5.33 Å². The first kappa shape index (κ1) is 12.4. The Morgan fingerprint density at radius 3 is 2.60 bits per heavy atom. The van der Waals surface area contributed by atoms with Gasteiger partial charge in [-0.15, -0.1) is 0 Å². The summed E-state index contributed by atoms with van der Waals surface area (Å²) in [5.74, 6) is 0. The molecule has 82 valence electrons. The van der Waals surface area contributed by atoms with E-state index < -0.39 is 22.6 Å². The first-order chi connectivity index (χ1) is 6.99. The second-order valence-corrected chi connectivity index (χ2v) is 3.83. The van der Waals surface area contributed by atoms with Crippen molar-refractivity contribution < 1.29 is 13.7 Å². The summed E-state index contributed by atoms with van der Waals surface area (Å²) in [7, 11) is 0. The summed E-state index contributed by atoms with van der Waals surface area (Å²) in [6, 6.07) is 0. The molecule has 0 fully saturated rings. The molecule has 0 saturated heterocycles. The third-order valence-corrected chi connectivity index (χ3v) is 2.90. The minimum atomic E-state index is -2.81. The summed E-state index contributed by atoms with van der Waals surface area (Å²) in [5.41, 5.74) is -0.914. The van der Waals surface area contributed by atoms with Crippen LogP contribution in [0.25, 0.3) is 0 Å². The third-order valence-electron chi connectivity index (χ3n) is 1.71. The van der Waals surface area contributed by atoms with Gasteiger partial charge >= 0.3 is 0 Å². The smallest absolute Gasteiger partial charge is 0.258 e. The number of alkyl halides is 3. The van der Waals surface area contributed by atoms with Crippen LogP contribution in [0.1, 0.15) is 17.6 Å². The van der Waals surface area contributed by atoms with E-state index in [2.05, 4.69) is 36.8 Å². The van der Waals surface area contributed by atoms with Crippen LogP contribution in [0.5, 0.6) is 0 Å². The molecule has 0 aromatic carbocycles. The molecule has 0 aliphatic carbocycles. The van der Waals surface area contributed by atoms with Gasteiger partial charge in [-0.2, -0.15) is 0 Å². The SMILES string of the molecule is O=[N+]([O-])c1cnc(Br)c(C(F)F)c1CBr. The molecule has 1 aromatic rings. The van der Waals surface area contributed by atoms with E-state index >= 15 is 0 Å². The first-order valence-corrected chi connectivity index (χ1v) is 5.56. The van der Waals surface area contributed by atoms with Gasteiger partial charge in [0, 0.05) is 5.33 Å². The summed E-state index contributed by atoms with van der Waals surface area (Å²) in [5, 5.41) is 10.5. The molecule has 0 atom stereocenters. The Kier molecular flexibility index (Phi) is 4.09. The van der Waals surface area contributed by atoms with E-state index in [1.165, 1.54) is 0 Å².